The first-order valence-electron chi connectivity index (χ1n) is 12.5. The molecular weight excluding hydrogens is 517 g/mol. The molecule has 0 radical (unpaired) electrons. The molecule has 204 valence electrons. The van der Waals surface area contributed by atoms with Crippen LogP contribution in [0.2, 0.25) is 5.02 Å². The molecule has 0 unspecified atom stereocenters. The van der Waals surface area contributed by atoms with E-state index in [4.69, 9.17) is 11.6 Å². The lowest BCUT2D eigenvalue weighted by Crippen LogP contribution is -2.50. The van der Waals surface area contributed by atoms with Gasteiger partial charge in [0.2, 0.25) is 21.8 Å². The van der Waals surface area contributed by atoms with Crippen molar-refractivity contribution in [1.29, 1.82) is 0 Å². The van der Waals surface area contributed by atoms with Gasteiger partial charge in [-0.15, -0.1) is 0 Å². The molecule has 7 nitrogen and oxygen atoms in total. The Balaban J connectivity index is 2.25. The van der Waals surface area contributed by atoms with Gasteiger partial charge >= 0.3 is 0 Å². The normalized spacial score (nSPS) is 13.1. The Morgan fingerprint density at radius 3 is 2.30 bits per heavy atom. The quantitative estimate of drug-likeness (QED) is 0.376. The molecule has 10 heteroatoms. The van der Waals surface area contributed by atoms with E-state index >= 15 is 0 Å². The highest BCUT2D eigenvalue weighted by molar-refractivity contribution is 7.92. The SMILES string of the molecule is CC[C@@H](C)NC(=O)[C@H](CC)N(Cc1ccc(F)cc1)C(=O)CCCN(c1cc(Cl)ccc1C)S(C)(=O)=O. The first-order valence-corrected chi connectivity index (χ1v) is 14.7. The van der Waals surface area contributed by atoms with Crippen molar-refractivity contribution in [2.24, 2.45) is 0 Å². The predicted molar refractivity (Wildman–Crippen MR) is 147 cm³/mol. The first kappa shape index (κ1) is 30.6. The zero-order valence-corrected chi connectivity index (χ0v) is 23.7. The summed E-state index contributed by atoms with van der Waals surface area (Å²) in [6.45, 7) is 7.69. The van der Waals surface area contributed by atoms with Crippen LogP contribution in [0.3, 0.4) is 0 Å². The number of rotatable bonds is 13. The van der Waals surface area contributed by atoms with Crippen molar-refractivity contribution in [1.82, 2.24) is 10.2 Å². The van der Waals surface area contributed by atoms with Crippen LogP contribution in [0.1, 0.15) is 57.6 Å². The summed E-state index contributed by atoms with van der Waals surface area (Å²) >= 11 is 6.11. The van der Waals surface area contributed by atoms with Gasteiger partial charge in [-0.2, -0.15) is 0 Å². The summed E-state index contributed by atoms with van der Waals surface area (Å²) in [5, 5.41) is 3.36. The number of hydrogen-bond donors (Lipinski definition) is 1. The average Bonchev–Trinajstić information content (AvgIpc) is 2.83. The molecular formula is C27H37ClFN3O4S. The van der Waals surface area contributed by atoms with E-state index in [1.54, 1.807) is 37.3 Å². The van der Waals surface area contributed by atoms with Gasteiger partial charge in [0.25, 0.3) is 0 Å². The van der Waals surface area contributed by atoms with E-state index in [9.17, 15) is 22.4 Å². The molecule has 0 heterocycles. The van der Waals surface area contributed by atoms with Crippen LogP contribution in [0.15, 0.2) is 42.5 Å². The molecule has 0 saturated carbocycles. The minimum absolute atomic E-state index is 0.0277. The summed E-state index contributed by atoms with van der Waals surface area (Å²) in [6, 6.07) is 10.1. The van der Waals surface area contributed by atoms with Crippen molar-refractivity contribution < 1.29 is 22.4 Å². The average molecular weight is 554 g/mol. The van der Waals surface area contributed by atoms with Gasteiger partial charge in [-0.25, -0.2) is 12.8 Å². The molecule has 0 saturated heterocycles. The number of aryl methyl sites for hydroxylation is 1. The Labute approximate surface area is 225 Å². The number of sulfonamides is 1. The van der Waals surface area contributed by atoms with Crippen LogP contribution in [0.25, 0.3) is 0 Å². The van der Waals surface area contributed by atoms with Gasteiger partial charge in [0.15, 0.2) is 0 Å². The number of carbonyl (C=O) groups is 2. The van der Waals surface area contributed by atoms with E-state index < -0.39 is 16.1 Å². The van der Waals surface area contributed by atoms with Crippen molar-refractivity contribution in [3.63, 3.8) is 0 Å². The fourth-order valence-corrected chi connectivity index (χ4v) is 5.16. The maximum Gasteiger partial charge on any atom is 0.243 e. The molecule has 0 fully saturated rings. The lowest BCUT2D eigenvalue weighted by atomic mass is 10.1. The van der Waals surface area contributed by atoms with Gasteiger partial charge in [-0.05, 0) is 68.5 Å². The molecule has 2 amide bonds. The number of anilines is 1. The second-order valence-corrected chi connectivity index (χ2v) is 11.6. The number of amides is 2. The van der Waals surface area contributed by atoms with Crippen LogP contribution >= 0.6 is 11.6 Å². The van der Waals surface area contributed by atoms with Crippen LogP contribution in [-0.4, -0.2) is 50.0 Å². The third-order valence-corrected chi connectivity index (χ3v) is 7.66. The second kappa shape index (κ2) is 13.8. The zero-order valence-electron chi connectivity index (χ0n) is 22.1. The smallest absolute Gasteiger partial charge is 0.243 e. The highest BCUT2D eigenvalue weighted by Crippen LogP contribution is 2.27. The third kappa shape index (κ3) is 9.00. The van der Waals surface area contributed by atoms with Crippen molar-refractivity contribution in [3.8, 4) is 0 Å². The van der Waals surface area contributed by atoms with Gasteiger partial charge in [0, 0.05) is 30.6 Å². The first-order chi connectivity index (χ1) is 17.4. The summed E-state index contributed by atoms with van der Waals surface area (Å²) in [4.78, 5) is 28.0. The number of benzene rings is 2. The number of nitrogens with one attached hydrogen (secondary N) is 1. The van der Waals surface area contributed by atoms with Crippen LogP contribution in [0.4, 0.5) is 10.1 Å². The van der Waals surface area contributed by atoms with Gasteiger partial charge in [0.1, 0.15) is 11.9 Å². The van der Waals surface area contributed by atoms with Crippen molar-refractivity contribution in [2.45, 2.75) is 72.0 Å². The topological polar surface area (TPSA) is 86.8 Å². The predicted octanol–water partition coefficient (Wildman–Crippen LogP) is 5.06. The summed E-state index contributed by atoms with van der Waals surface area (Å²) < 4.78 is 39.8. The van der Waals surface area contributed by atoms with E-state index in [2.05, 4.69) is 5.32 Å². The summed E-state index contributed by atoms with van der Waals surface area (Å²) in [5.41, 5.74) is 1.90. The third-order valence-electron chi connectivity index (χ3n) is 6.25. The number of nitrogens with zero attached hydrogens (tertiary/aromatic N) is 2. The largest absolute Gasteiger partial charge is 0.352 e. The maximum atomic E-state index is 13.4. The number of hydrogen-bond acceptors (Lipinski definition) is 4. The minimum Gasteiger partial charge on any atom is -0.352 e. The zero-order chi connectivity index (χ0) is 27.8. The van der Waals surface area contributed by atoms with Gasteiger partial charge in [-0.1, -0.05) is 43.6 Å². The molecule has 2 aromatic carbocycles. The standard InChI is InChI=1S/C27H37ClFN3O4S/c1-6-20(4)30-27(34)24(7-2)31(18-21-11-14-23(29)15-12-21)26(33)9-8-16-32(37(5,35)36)25-17-22(28)13-10-19(25)3/h10-15,17,20,24H,6-9,16,18H2,1-5H3,(H,30,34)/t20-,24+/m1/s1. The Morgan fingerprint density at radius 1 is 1.08 bits per heavy atom. The summed E-state index contributed by atoms with van der Waals surface area (Å²) in [5.74, 6) is -0.924. The Bertz CT molecular complexity index is 1170. The van der Waals surface area contributed by atoms with E-state index in [1.165, 1.54) is 21.3 Å². The molecule has 0 bridgehead atoms. The van der Waals surface area contributed by atoms with E-state index in [0.717, 1.165) is 18.2 Å². The molecule has 1 N–H and O–H groups in total. The van der Waals surface area contributed by atoms with Gasteiger partial charge in [0.05, 0.1) is 11.9 Å². The molecule has 2 atom stereocenters. The monoisotopic (exact) mass is 553 g/mol. The van der Waals surface area contributed by atoms with Crippen LogP contribution in [-0.2, 0) is 26.2 Å². The van der Waals surface area contributed by atoms with Crippen molar-refractivity contribution in [2.75, 3.05) is 17.1 Å². The number of carbonyl (C=O) groups excluding carboxylic acids is 2. The molecule has 37 heavy (non-hydrogen) atoms. The molecule has 0 aliphatic heterocycles. The molecule has 0 spiro atoms. The Kier molecular flexibility index (Phi) is 11.4. The molecule has 2 aromatic rings. The maximum absolute atomic E-state index is 13.4. The van der Waals surface area contributed by atoms with Crippen molar-refractivity contribution in [3.05, 3.63) is 64.4 Å². The van der Waals surface area contributed by atoms with E-state index in [-0.39, 0.29) is 49.6 Å². The minimum atomic E-state index is -3.63. The lowest BCUT2D eigenvalue weighted by Gasteiger charge is -2.32. The fraction of sp³-hybridized carbons (Fsp3) is 0.481. The summed E-state index contributed by atoms with van der Waals surface area (Å²) in [7, 11) is -3.63. The molecule has 2 rings (SSSR count). The second-order valence-electron chi connectivity index (χ2n) is 9.26. The number of halogens is 2. The Hall–Kier alpha value is -2.65. The van der Waals surface area contributed by atoms with Crippen LogP contribution in [0.5, 0.6) is 0 Å². The van der Waals surface area contributed by atoms with Crippen molar-refractivity contribution >= 4 is 39.1 Å². The summed E-state index contributed by atoms with van der Waals surface area (Å²) in [6.07, 6.45) is 2.52. The molecule has 0 aromatic heterocycles. The molecule has 0 aliphatic rings. The highest BCUT2D eigenvalue weighted by atomic mass is 35.5. The van der Waals surface area contributed by atoms with Crippen LogP contribution < -0.4 is 9.62 Å². The van der Waals surface area contributed by atoms with Crippen LogP contribution in [0, 0.1) is 12.7 Å². The highest BCUT2D eigenvalue weighted by Gasteiger charge is 2.29. The van der Waals surface area contributed by atoms with Gasteiger partial charge < -0.3 is 10.2 Å². The van der Waals surface area contributed by atoms with E-state index in [0.29, 0.717) is 22.7 Å². The fourth-order valence-electron chi connectivity index (χ4n) is 3.98. The Morgan fingerprint density at radius 2 is 1.73 bits per heavy atom. The van der Waals surface area contributed by atoms with Gasteiger partial charge in [-0.3, -0.25) is 13.9 Å². The van der Waals surface area contributed by atoms with E-state index in [1.807, 2.05) is 20.8 Å². The molecule has 0 aliphatic carbocycles. The lowest BCUT2D eigenvalue weighted by molar-refractivity contribution is -0.141.